The molecule has 148 valence electrons. The number of benzene rings is 1. The zero-order chi connectivity index (χ0) is 20.8. The van der Waals surface area contributed by atoms with Crippen LogP contribution in [-0.2, 0) is 9.59 Å². The van der Waals surface area contributed by atoms with Crippen molar-refractivity contribution < 1.29 is 19.2 Å². The van der Waals surface area contributed by atoms with E-state index in [2.05, 4.69) is 34.3 Å². The quantitative estimate of drug-likeness (QED) is 0.375. The second-order valence-electron chi connectivity index (χ2n) is 6.49. The summed E-state index contributed by atoms with van der Waals surface area (Å²) in [5, 5.41) is 5.30. The van der Waals surface area contributed by atoms with Gasteiger partial charge in [0.1, 0.15) is 6.04 Å². The monoisotopic (exact) mass is 392 g/mol. The van der Waals surface area contributed by atoms with Gasteiger partial charge >= 0.3 is 0 Å². The summed E-state index contributed by atoms with van der Waals surface area (Å²) in [6.07, 6.45) is 1.31. The summed E-state index contributed by atoms with van der Waals surface area (Å²) >= 11 is 0. The average molecular weight is 392 g/mol. The van der Waals surface area contributed by atoms with Crippen molar-refractivity contribution in [2.75, 3.05) is 18.4 Å². The molecule has 0 radical (unpaired) electrons. The van der Waals surface area contributed by atoms with Crippen molar-refractivity contribution in [2.24, 2.45) is 5.73 Å². The first-order valence-electron chi connectivity index (χ1n) is 9.29. The minimum absolute atomic E-state index is 0.0851. The lowest BCUT2D eigenvalue weighted by atomic mass is 10.0. The van der Waals surface area contributed by atoms with Crippen LogP contribution in [0.1, 0.15) is 46.4 Å². The van der Waals surface area contributed by atoms with Gasteiger partial charge in [0.25, 0.3) is 11.8 Å². The zero-order valence-electron chi connectivity index (χ0n) is 15.7. The Hall–Kier alpha value is -3.62. The number of hydrogen-bond donors (Lipinski definition) is 3. The molecule has 29 heavy (non-hydrogen) atoms. The summed E-state index contributed by atoms with van der Waals surface area (Å²) in [6, 6.07) is 3.95. The van der Waals surface area contributed by atoms with Gasteiger partial charge in [-0.3, -0.25) is 29.4 Å². The standard InChI is InChI=1S/C21H20N4O4/c22-12-5-3-1-2-4-6-13-23-15-9-7-8-14-18(15)21(29)25(20(14)28)16-10-11-17(26)24-19(16)27/h7-9,16,23H,5-6,10-13,22H2,(H,24,26,27). The highest BCUT2D eigenvalue weighted by Crippen LogP contribution is 2.32. The minimum Gasteiger partial charge on any atom is -0.383 e. The first-order chi connectivity index (χ1) is 14.0. The molecule has 3 rings (SSSR count). The number of nitrogens with one attached hydrogen (secondary N) is 2. The van der Waals surface area contributed by atoms with E-state index in [1.165, 1.54) is 0 Å². The number of hydrogen-bond acceptors (Lipinski definition) is 6. The number of nitrogens with zero attached hydrogens (tertiary/aromatic N) is 1. The predicted molar refractivity (Wildman–Crippen MR) is 105 cm³/mol. The van der Waals surface area contributed by atoms with Gasteiger partial charge in [-0.2, -0.15) is 0 Å². The first-order valence-corrected chi connectivity index (χ1v) is 9.29. The van der Waals surface area contributed by atoms with Crippen LogP contribution in [0.5, 0.6) is 0 Å². The molecule has 2 heterocycles. The summed E-state index contributed by atoms with van der Waals surface area (Å²) in [4.78, 5) is 50.1. The first kappa shape index (κ1) is 20.1. The van der Waals surface area contributed by atoms with Gasteiger partial charge in [-0.1, -0.05) is 17.9 Å². The fourth-order valence-corrected chi connectivity index (χ4v) is 3.21. The molecular weight excluding hydrogens is 372 g/mol. The highest BCUT2D eigenvalue weighted by atomic mass is 16.2. The van der Waals surface area contributed by atoms with Gasteiger partial charge < -0.3 is 11.1 Å². The Labute approximate surface area is 168 Å². The second-order valence-corrected chi connectivity index (χ2v) is 6.49. The van der Waals surface area contributed by atoms with E-state index in [1.807, 2.05) is 0 Å². The molecule has 8 heteroatoms. The van der Waals surface area contributed by atoms with Crippen molar-refractivity contribution in [2.45, 2.75) is 31.7 Å². The third-order valence-corrected chi connectivity index (χ3v) is 4.54. The second kappa shape index (κ2) is 9.05. The summed E-state index contributed by atoms with van der Waals surface area (Å²) in [6.45, 7) is 0.958. The van der Waals surface area contributed by atoms with Gasteiger partial charge in [-0.05, 0) is 30.4 Å². The van der Waals surface area contributed by atoms with Gasteiger partial charge in [-0.15, -0.1) is 0 Å². The number of amides is 4. The number of piperidine rings is 1. The van der Waals surface area contributed by atoms with Crippen LogP contribution in [0.25, 0.3) is 0 Å². The molecule has 0 aromatic heterocycles. The number of fused-ring (bicyclic) bond motifs is 1. The van der Waals surface area contributed by atoms with E-state index in [-0.39, 0.29) is 24.0 Å². The molecule has 8 nitrogen and oxygen atoms in total. The van der Waals surface area contributed by atoms with Crippen LogP contribution >= 0.6 is 0 Å². The molecule has 1 fully saturated rings. The molecule has 2 aliphatic rings. The van der Waals surface area contributed by atoms with Gasteiger partial charge in [-0.25, -0.2) is 0 Å². The van der Waals surface area contributed by atoms with E-state index in [4.69, 9.17) is 5.73 Å². The van der Waals surface area contributed by atoms with E-state index in [0.717, 1.165) is 4.90 Å². The van der Waals surface area contributed by atoms with Crippen LogP contribution in [0.3, 0.4) is 0 Å². The van der Waals surface area contributed by atoms with Crippen molar-refractivity contribution in [3.63, 3.8) is 0 Å². The normalized spacial score (nSPS) is 17.7. The molecule has 1 aromatic rings. The maximum atomic E-state index is 12.9. The predicted octanol–water partition coefficient (Wildman–Crippen LogP) is 0.245. The number of anilines is 1. The molecule has 4 amide bonds. The average Bonchev–Trinajstić information content (AvgIpc) is 2.95. The van der Waals surface area contributed by atoms with Crippen LogP contribution in [0.15, 0.2) is 18.2 Å². The fraction of sp³-hybridized carbons (Fsp3) is 0.333. The third kappa shape index (κ3) is 4.29. The topological polar surface area (TPSA) is 122 Å². The van der Waals surface area contributed by atoms with Crippen LogP contribution in [-0.4, -0.2) is 47.7 Å². The van der Waals surface area contributed by atoms with E-state index in [1.54, 1.807) is 18.2 Å². The Balaban J connectivity index is 1.71. The Bertz CT molecular complexity index is 993. The van der Waals surface area contributed by atoms with Crippen LogP contribution in [0, 0.1) is 23.7 Å². The highest BCUT2D eigenvalue weighted by molar-refractivity contribution is 6.25. The molecule has 0 saturated carbocycles. The number of nitrogens with two attached hydrogens (primary N) is 1. The van der Waals surface area contributed by atoms with Gasteiger partial charge in [0.05, 0.1) is 11.1 Å². The molecule has 1 unspecified atom stereocenters. The fourth-order valence-electron chi connectivity index (χ4n) is 3.21. The maximum Gasteiger partial charge on any atom is 0.264 e. The van der Waals surface area contributed by atoms with Crippen molar-refractivity contribution in [1.29, 1.82) is 0 Å². The van der Waals surface area contributed by atoms with Crippen LogP contribution in [0.2, 0.25) is 0 Å². The van der Waals surface area contributed by atoms with Crippen molar-refractivity contribution in [3.05, 3.63) is 29.3 Å². The molecule has 2 aliphatic heterocycles. The summed E-state index contributed by atoms with van der Waals surface area (Å²) in [5.41, 5.74) is 6.32. The van der Waals surface area contributed by atoms with E-state index in [0.29, 0.717) is 31.6 Å². The smallest absolute Gasteiger partial charge is 0.264 e. The lowest BCUT2D eigenvalue weighted by molar-refractivity contribution is -0.136. The van der Waals surface area contributed by atoms with Crippen molar-refractivity contribution >= 4 is 29.3 Å². The lowest BCUT2D eigenvalue weighted by Crippen LogP contribution is -2.54. The highest BCUT2D eigenvalue weighted by Gasteiger charge is 2.45. The largest absolute Gasteiger partial charge is 0.383 e. The summed E-state index contributed by atoms with van der Waals surface area (Å²) in [5.74, 6) is 9.04. The minimum atomic E-state index is -0.981. The molecular formula is C21H20N4O4. The molecule has 1 aromatic carbocycles. The van der Waals surface area contributed by atoms with Crippen LogP contribution < -0.4 is 16.4 Å². The number of rotatable bonds is 5. The Morgan fingerprint density at radius 3 is 2.59 bits per heavy atom. The third-order valence-electron chi connectivity index (χ3n) is 4.54. The maximum absolute atomic E-state index is 12.9. The Morgan fingerprint density at radius 2 is 1.86 bits per heavy atom. The van der Waals surface area contributed by atoms with Crippen LogP contribution in [0.4, 0.5) is 5.69 Å². The molecule has 1 atom stereocenters. The van der Waals surface area contributed by atoms with Gasteiger partial charge in [0.2, 0.25) is 11.8 Å². The van der Waals surface area contributed by atoms with Gasteiger partial charge in [0.15, 0.2) is 0 Å². The summed E-state index contributed by atoms with van der Waals surface area (Å²) < 4.78 is 0. The van der Waals surface area contributed by atoms with E-state index < -0.39 is 29.7 Å². The number of imide groups is 2. The Kier molecular flexibility index (Phi) is 6.28. The van der Waals surface area contributed by atoms with Crippen molar-refractivity contribution in [3.8, 4) is 23.7 Å². The molecule has 0 spiro atoms. The van der Waals surface area contributed by atoms with Gasteiger partial charge in [0, 0.05) is 38.0 Å². The van der Waals surface area contributed by atoms with E-state index in [9.17, 15) is 19.2 Å². The molecule has 4 N–H and O–H groups in total. The zero-order valence-corrected chi connectivity index (χ0v) is 15.7. The number of carbonyl (C=O) groups is 4. The molecule has 1 saturated heterocycles. The molecule has 0 aliphatic carbocycles. The molecule has 0 bridgehead atoms. The van der Waals surface area contributed by atoms with Crippen molar-refractivity contribution in [1.82, 2.24) is 10.2 Å². The lowest BCUT2D eigenvalue weighted by Gasteiger charge is -2.27. The number of carbonyl (C=O) groups excluding carboxylic acids is 4. The Morgan fingerprint density at radius 1 is 1.10 bits per heavy atom. The summed E-state index contributed by atoms with van der Waals surface area (Å²) in [7, 11) is 0. The SMILES string of the molecule is NCCC#CC#CCCNc1cccc2c1C(=O)N(C1CCC(=O)NC1=O)C2=O. The van der Waals surface area contributed by atoms with E-state index >= 15 is 0 Å².